The Bertz CT molecular complexity index is 695. The van der Waals surface area contributed by atoms with E-state index in [9.17, 15) is 0 Å². The lowest BCUT2D eigenvalue weighted by atomic mass is 10.1. The van der Waals surface area contributed by atoms with Crippen LogP contribution >= 0.6 is 0 Å². The second-order valence-electron chi connectivity index (χ2n) is 5.84. The third kappa shape index (κ3) is 5.70. The van der Waals surface area contributed by atoms with E-state index in [0.29, 0.717) is 17.7 Å². The molecule has 1 aromatic carbocycles. The van der Waals surface area contributed by atoms with Crippen molar-refractivity contribution in [2.45, 2.75) is 0 Å². The van der Waals surface area contributed by atoms with Crippen LogP contribution in [-0.2, 0) is 18.9 Å². The van der Waals surface area contributed by atoms with Gasteiger partial charge in [-0.05, 0) is 5.56 Å². The van der Waals surface area contributed by atoms with Crippen LogP contribution in [0, 0.1) is 0 Å². The molecule has 0 aliphatic carbocycles. The molecule has 2 rings (SSSR count). The van der Waals surface area contributed by atoms with E-state index >= 15 is 0 Å². The van der Waals surface area contributed by atoms with Gasteiger partial charge in [-0.3, -0.25) is 9.80 Å². The van der Waals surface area contributed by atoms with Crippen molar-refractivity contribution in [2.75, 3.05) is 65.2 Å². The molecule has 0 saturated heterocycles. The van der Waals surface area contributed by atoms with Gasteiger partial charge in [-0.2, -0.15) is 15.0 Å². The van der Waals surface area contributed by atoms with Crippen molar-refractivity contribution >= 4 is 18.0 Å². The van der Waals surface area contributed by atoms with Crippen molar-refractivity contribution in [1.29, 1.82) is 0 Å². The zero-order chi connectivity index (χ0) is 20.4. The van der Waals surface area contributed by atoms with Crippen molar-refractivity contribution in [3.63, 3.8) is 0 Å². The first-order valence-electron chi connectivity index (χ1n) is 8.61. The van der Waals surface area contributed by atoms with Crippen molar-refractivity contribution in [1.82, 2.24) is 15.0 Å². The van der Waals surface area contributed by atoms with Gasteiger partial charge in [0.15, 0.2) is 5.82 Å². The van der Waals surface area contributed by atoms with Crippen molar-refractivity contribution in [2.24, 2.45) is 0 Å². The van der Waals surface area contributed by atoms with Gasteiger partial charge in [0.05, 0.1) is 0 Å². The van der Waals surface area contributed by atoms with Crippen LogP contribution in [0.3, 0.4) is 0 Å². The first kappa shape index (κ1) is 21.7. The van der Waals surface area contributed by atoms with E-state index in [1.54, 1.807) is 44.3 Å². The van der Waals surface area contributed by atoms with Crippen molar-refractivity contribution in [3.8, 4) is 11.4 Å². The summed E-state index contributed by atoms with van der Waals surface area (Å²) in [5.41, 5.74) is 1.86. The molecule has 0 unspecified atom stereocenters. The Morgan fingerprint density at radius 3 is 1.54 bits per heavy atom. The van der Waals surface area contributed by atoms with Crippen LogP contribution in [0.2, 0.25) is 0 Å². The lowest BCUT2D eigenvalue weighted by Crippen LogP contribution is -2.33. The summed E-state index contributed by atoms with van der Waals surface area (Å²) >= 11 is 0. The minimum Gasteiger partial charge on any atom is -0.364 e. The van der Waals surface area contributed by atoms with Crippen LogP contribution in [0.4, 0.5) is 11.9 Å². The highest BCUT2D eigenvalue weighted by Crippen LogP contribution is 2.22. The molecule has 0 bridgehead atoms. The molecule has 0 aliphatic heterocycles. The quantitative estimate of drug-likeness (QED) is 0.507. The predicted molar refractivity (Wildman–Crippen MR) is 108 cm³/mol. The molecule has 0 saturated carbocycles. The maximum absolute atomic E-state index is 5.25. The van der Waals surface area contributed by atoms with E-state index < -0.39 is 0 Å². The Labute approximate surface area is 165 Å². The lowest BCUT2D eigenvalue weighted by molar-refractivity contribution is 0.136. The fourth-order valence-electron chi connectivity index (χ4n) is 2.46. The Morgan fingerprint density at radius 2 is 1.18 bits per heavy atom. The van der Waals surface area contributed by atoms with Gasteiger partial charge in [0.1, 0.15) is 26.9 Å². The lowest BCUT2D eigenvalue weighted by Gasteiger charge is -2.24. The molecule has 0 atom stereocenters. The molecule has 152 valence electrons. The number of rotatable bonds is 12. The molecule has 0 amide bonds. The number of anilines is 2. The van der Waals surface area contributed by atoms with Crippen molar-refractivity contribution < 1.29 is 18.9 Å². The van der Waals surface area contributed by atoms with Crippen LogP contribution < -0.4 is 9.80 Å². The first-order chi connectivity index (χ1) is 13.7. The Balaban J connectivity index is 2.53. The minimum atomic E-state index is 0.265. The maximum atomic E-state index is 5.25. The van der Waals surface area contributed by atoms with Crippen LogP contribution in [0.15, 0.2) is 30.8 Å². The van der Waals surface area contributed by atoms with Gasteiger partial charge in [0.25, 0.3) is 0 Å². The topological polar surface area (TPSA) is 82.1 Å². The summed E-state index contributed by atoms with van der Waals surface area (Å²) in [5, 5.41) is 0. The highest BCUT2D eigenvalue weighted by Gasteiger charge is 2.18. The smallest absolute Gasteiger partial charge is 0.234 e. The summed E-state index contributed by atoms with van der Waals surface area (Å²) in [6.07, 6.45) is 1.78. The largest absolute Gasteiger partial charge is 0.364 e. The van der Waals surface area contributed by atoms with Gasteiger partial charge in [0, 0.05) is 34.0 Å². The van der Waals surface area contributed by atoms with E-state index in [2.05, 4.69) is 21.5 Å². The van der Waals surface area contributed by atoms with E-state index in [4.69, 9.17) is 18.9 Å². The molecule has 0 radical (unpaired) electrons. The molecule has 0 N–H and O–H groups in total. The fraction of sp³-hybridized carbons (Fsp3) is 0.421. The average Bonchev–Trinajstić information content (AvgIpc) is 2.73. The molecular weight excluding hydrogens is 362 g/mol. The average molecular weight is 389 g/mol. The zero-order valence-electron chi connectivity index (χ0n) is 16.8. The van der Waals surface area contributed by atoms with Gasteiger partial charge in [-0.25, -0.2) is 0 Å². The third-order valence-electron chi connectivity index (χ3n) is 3.72. The third-order valence-corrected chi connectivity index (χ3v) is 3.72. The predicted octanol–water partition coefficient (Wildman–Crippen LogP) is 2.21. The number of ether oxygens (including phenoxy) is 4. The molecule has 0 spiro atoms. The highest BCUT2D eigenvalue weighted by molar-refractivity contribution is 5.61. The summed E-state index contributed by atoms with van der Waals surface area (Å²) in [6, 6.07) is 7.78. The standard InChI is InChI=1S/C19H27N5O4/c1-6-15-7-9-16(10-8-15)17-20-18(23(11-25-2)12-26-3)22-19(21-17)24(13-27-4)14-28-5/h6-10H,1,11-14H2,2-5H3. The molecule has 9 nitrogen and oxygen atoms in total. The number of nitrogens with zero attached hydrogens (tertiary/aromatic N) is 5. The molecule has 28 heavy (non-hydrogen) atoms. The first-order valence-corrected chi connectivity index (χ1v) is 8.61. The SMILES string of the molecule is C=Cc1ccc(-c2nc(N(COC)COC)nc(N(COC)COC)n2)cc1. The van der Waals surface area contributed by atoms with Gasteiger partial charge >= 0.3 is 0 Å². The summed E-state index contributed by atoms with van der Waals surface area (Å²) < 4.78 is 21.0. The van der Waals surface area contributed by atoms with Gasteiger partial charge in [-0.15, -0.1) is 0 Å². The van der Waals surface area contributed by atoms with Crippen LogP contribution in [0.1, 0.15) is 5.56 Å². The molecule has 1 heterocycles. The van der Waals surface area contributed by atoms with Crippen LogP contribution in [0.25, 0.3) is 17.5 Å². The van der Waals surface area contributed by atoms with E-state index in [1.807, 2.05) is 24.3 Å². The monoisotopic (exact) mass is 389 g/mol. The normalized spacial score (nSPS) is 10.7. The molecule has 1 aromatic heterocycles. The minimum absolute atomic E-state index is 0.265. The van der Waals surface area contributed by atoms with E-state index in [0.717, 1.165) is 11.1 Å². The number of hydrogen-bond donors (Lipinski definition) is 0. The highest BCUT2D eigenvalue weighted by atomic mass is 16.5. The number of aromatic nitrogens is 3. The second kappa shape index (κ2) is 11.3. The van der Waals surface area contributed by atoms with Crippen molar-refractivity contribution in [3.05, 3.63) is 36.4 Å². The Morgan fingerprint density at radius 1 is 0.750 bits per heavy atom. The summed E-state index contributed by atoms with van der Waals surface area (Å²) in [4.78, 5) is 17.3. The maximum Gasteiger partial charge on any atom is 0.234 e. The number of methoxy groups -OCH3 is 4. The zero-order valence-corrected chi connectivity index (χ0v) is 16.8. The van der Waals surface area contributed by atoms with Crippen LogP contribution in [-0.4, -0.2) is 70.3 Å². The summed E-state index contributed by atoms with van der Waals surface area (Å²) in [5.74, 6) is 1.37. The summed E-state index contributed by atoms with van der Waals surface area (Å²) in [7, 11) is 6.40. The number of hydrogen-bond acceptors (Lipinski definition) is 9. The van der Waals surface area contributed by atoms with E-state index in [1.165, 1.54) is 0 Å². The molecule has 0 aliphatic rings. The Hall–Kier alpha value is -2.59. The molecular formula is C19H27N5O4. The Kier molecular flexibility index (Phi) is 8.76. The second-order valence-corrected chi connectivity index (χ2v) is 5.84. The van der Waals surface area contributed by atoms with Gasteiger partial charge in [0.2, 0.25) is 11.9 Å². The van der Waals surface area contributed by atoms with Gasteiger partial charge < -0.3 is 18.9 Å². The van der Waals surface area contributed by atoms with E-state index in [-0.39, 0.29) is 26.9 Å². The molecule has 0 fully saturated rings. The molecule has 2 aromatic rings. The summed E-state index contributed by atoms with van der Waals surface area (Å²) in [6.45, 7) is 4.84. The van der Waals surface area contributed by atoms with Gasteiger partial charge in [-0.1, -0.05) is 36.9 Å². The van der Waals surface area contributed by atoms with Crippen LogP contribution in [0.5, 0.6) is 0 Å². The molecule has 9 heteroatoms. The number of benzene rings is 1. The fourth-order valence-corrected chi connectivity index (χ4v) is 2.46.